The summed E-state index contributed by atoms with van der Waals surface area (Å²) in [5.74, 6) is 0.391. The Kier molecular flexibility index (Phi) is 3.96. The van der Waals surface area contributed by atoms with Gasteiger partial charge in [-0.15, -0.1) is 0 Å². The molecule has 2 aromatic rings. The highest BCUT2D eigenvalue weighted by molar-refractivity contribution is 7.08. The van der Waals surface area contributed by atoms with Crippen LogP contribution in [0.3, 0.4) is 0 Å². The van der Waals surface area contributed by atoms with Crippen molar-refractivity contribution in [3.05, 3.63) is 49.3 Å². The van der Waals surface area contributed by atoms with Crippen molar-refractivity contribution in [1.82, 2.24) is 9.55 Å². The van der Waals surface area contributed by atoms with Gasteiger partial charge >= 0.3 is 5.69 Å². The molecule has 0 radical (unpaired) electrons. The number of aromatic nitrogens is 2. The van der Waals surface area contributed by atoms with Gasteiger partial charge in [0, 0.05) is 25.2 Å². The van der Waals surface area contributed by atoms with Crippen LogP contribution in [0.2, 0.25) is 0 Å². The van der Waals surface area contributed by atoms with Crippen molar-refractivity contribution < 1.29 is 0 Å². The molecule has 19 heavy (non-hydrogen) atoms. The molecule has 0 saturated heterocycles. The molecule has 2 rings (SSSR count). The second-order valence-corrected chi connectivity index (χ2v) is 4.65. The Bertz CT molecular complexity index is 653. The zero-order valence-electron chi connectivity index (χ0n) is 10.7. The van der Waals surface area contributed by atoms with Crippen molar-refractivity contribution in [3.8, 4) is 0 Å². The first-order valence-electron chi connectivity index (χ1n) is 5.76. The van der Waals surface area contributed by atoms with E-state index in [0.717, 1.165) is 10.1 Å². The van der Waals surface area contributed by atoms with Gasteiger partial charge in [0.05, 0.1) is 6.21 Å². The third-order valence-corrected chi connectivity index (χ3v) is 3.30. The van der Waals surface area contributed by atoms with Gasteiger partial charge in [0.2, 0.25) is 0 Å². The van der Waals surface area contributed by atoms with Gasteiger partial charge in [0.15, 0.2) is 0 Å². The molecule has 0 atom stereocenters. The Labute approximate surface area is 113 Å². The van der Waals surface area contributed by atoms with Gasteiger partial charge < -0.3 is 0 Å². The van der Waals surface area contributed by atoms with Gasteiger partial charge in [-0.25, -0.2) is 9.80 Å². The molecule has 0 spiro atoms. The number of hydrogen-bond acceptors (Lipinski definition) is 5. The first-order valence-corrected chi connectivity index (χ1v) is 6.70. The van der Waals surface area contributed by atoms with Crippen molar-refractivity contribution in [1.29, 1.82) is 0 Å². The van der Waals surface area contributed by atoms with E-state index in [1.165, 1.54) is 13.1 Å². The molecule has 0 aliphatic rings. The molecule has 0 aromatic carbocycles. The van der Waals surface area contributed by atoms with Crippen LogP contribution in [-0.2, 0) is 7.05 Å². The molecular weight excluding hydrogens is 264 g/mol. The molecule has 0 fully saturated rings. The minimum absolute atomic E-state index is 0.358. The Morgan fingerprint density at radius 1 is 1.53 bits per heavy atom. The summed E-state index contributed by atoms with van der Waals surface area (Å²) in [4.78, 5) is 25.7. The summed E-state index contributed by atoms with van der Waals surface area (Å²) < 4.78 is 1.01. The van der Waals surface area contributed by atoms with Crippen LogP contribution >= 0.6 is 11.3 Å². The van der Waals surface area contributed by atoms with Gasteiger partial charge in [0.1, 0.15) is 5.82 Å². The van der Waals surface area contributed by atoms with E-state index in [9.17, 15) is 9.59 Å². The van der Waals surface area contributed by atoms with E-state index in [1.54, 1.807) is 22.6 Å². The Hall–Kier alpha value is -2.15. The number of H-pyrrole nitrogens is 1. The lowest BCUT2D eigenvalue weighted by Crippen LogP contribution is -2.34. The first kappa shape index (κ1) is 13.3. The molecule has 2 heterocycles. The van der Waals surface area contributed by atoms with Crippen molar-refractivity contribution in [2.45, 2.75) is 6.92 Å². The largest absolute Gasteiger partial charge is 0.329 e. The minimum atomic E-state index is -0.452. The van der Waals surface area contributed by atoms with E-state index in [1.807, 2.05) is 23.8 Å². The summed E-state index contributed by atoms with van der Waals surface area (Å²) in [7, 11) is 1.43. The monoisotopic (exact) mass is 278 g/mol. The lowest BCUT2D eigenvalue weighted by molar-refractivity contribution is 0.756. The fraction of sp³-hybridized carbons (Fsp3) is 0.250. The lowest BCUT2D eigenvalue weighted by atomic mass is 10.4. The molecule has 6 nitrogen and oxygen atoms in total. The molecule has 1 N–H and O–H groups in total. The van der Waals surface area contributed by atoms with Gasteiger partial charge in [-0.05, 0) is 23.8 Å². The molecule has 7 heteroatoms. The molecule has 0 saturated carbocycles. The number of rotatable bonds is 4. The Morgan fingerprint density at radius 3 is 2.89 bits per heavy atom. The van der Waals surface area contributed by atoms with E-state index < -0.39 is 5.69 Å². The maximum atomic E-state index is 11.6. The maximum Gasteiger partial charge on any atom is 0.329 e. The van der Waals surface area contributed by atoms with Crippen LogP contribution in [0.4, 0.5) is 5.82 Å². The number of aromatic amines is 1. The van der Waals surface area contributed by atoms with Crippen LogP contribution in [-0.4, -0.2) is 22.3 Å². The van der Waals surface area contributed by atoms with Crippen LogP contribution in [0.25, 0.3) is 0 Å². The zero-order chi connectivity index (χ0) is 13.8. The normalized spacial score (nSPS) is 11.1. The third kappa shape index (κ3) is 3.00. The number of thiophene rings is 1. The quantitative estimate of drug-likeness (QED) is 0.670. The zero-order valence-corrected chi connectivity index (χ0v) is 11.5. The van der Waals surface area contributed by atoms with Crippen molar-refractivity contribution in [2.24, 2.45) is 12.1 Å². The van der Waals surface area contributed by atoms with Crippen LogP contribution in [0.5, 0.6) is 0 Å². The highest BCUT2D eigenvalue weighted by atomic mass is 32.1. The molecule has 100 valence electrons. The average Bonchev–Trinajstić information content (AvgIpc) is 2.89. The summed E-state index contributed by atoms with van der Waals surface area (Å²) in [6.07, 6.45) is 1.69. The number of hydrogen-bond donors (Lipinski definition) is 1. The Morgan fingerprint density at radius 2 is 2.32 bits per heavy atom. The number of nitrogens with zero attached hydrogens (tertiary/aromatic N) is 3. The van der Waals surface area contributed by atoms with E-state index >= 15 is 0 Å². The van der Waals surface area contributed by atoms with Crippen molar-refractivity contribution in [2.75, 3.05) is 11.6 Å². The molecular formula is C12H14N4O2S. The van der Waals surface area contributed by atoms with Gasteiger partial charge in [-0.1, -0.05) is 0 Å². The standard InChI is InChI=1S/C12H14N4O2S/c1-3-16(13-7-9-4-5-19-8-9)10-6-11(17)15(2)12(18)14-10/h4-8H,3H2,1-2H3,(H,14,18). The van der Waals surface area contributed by atoms with E-state index in [4.69, 9.17) is 0 Å². The third-order valence-electron chi connectivity index (χ3n) is 2.60. The number of hydrazone groups is 1. The molecule has 0 amide bonds. The fourth-order valence-corrected chi connectivity index (χ4v) is 2.09. The van der Waals surface area contributed by atoms with Crippen molar-refractivity contribution in [3.63, 3.8) is 0 Å². The highest BCUT2D eigenvalue weighted by Crippen LogP contribution is 2.07. The molecule has 0 aliphatic carbocycles. The summed E-state index contributed by atoms with van der Waals surface area (Å²) in [6, 6.07) is 3.30. The van der Waals surface area contributed by atoms with E-state index in [0.29, 0.717) is 12.4 Å². The lowest BCUT2D eigenvalue weighted by Gasteiger charge is -2.15. The predicted octanol–water partition coefficient (Wildman–Crippen LogP) is 0.995. The minimum Gasteiger partial charge on any atom is -0.292 e. The Balaban J connectivity index is 2.32. The van der Waals surface area contributed by atoms with Crippen LogP contribution in [0.1, 0.15) is 12.5 Å². The molecule has 2 aromatic heterocycles. The van der Waals surface area contributed by atoms with E-state index in [2.05, 4.69) is 10.1 Å². The smallest absolute Gasteiger partial charge is 0.292 e. The summed E-state index contributed by atoms with van der Waals surface area (Å²) >= 11 is 1.58. The number of anilines is 1. The van der Waals surface area contributed by atoms with Crippen molar-refractivity contribution >= 4 is 23.4 Å². The predicted molar refractivity (Wildman–Crippen MR) is 77.2 cm³/mol. The van der Waals surface area contributed by atoms with Crippen LogP contribution in [0, 0.1) is 0 Å². The maximum absolute atomic E-state index is 11.6. The van der Waals surface area contributed by atoms with Gasteiger partial charge in [-0.3, -0.25) is 14.3 Å². The first-order chi connectivity index (χ1) is 9.11. The second kappa shape index (κ2) is 5.66. The summed E-state index contributed by atoms with van der Waals surface area (Å²) in [5.41, 5.74) is 0.171. The highest BCUT2D eigenvalue weighted by Gasteiger charge is 2.06. The summed E-state index contributed by atoms with van der Waals surface area (Å²) in [6.45, 7) is 2.44. The fourth-order valence-electron chi connectivity index (χ4n) is 1.48. The molecule has 0 bridgehead atoms. The SMILES string of the molecule is CCN(N=Cc1ccsc1)c1cc(=O)n(C)c(=O)[nH]1. The number of nitrogens with one attached hydrogen (secondary N) is 1. The second-order valence-electron chi connectivity index (χ2n) is 3.87. The van der Waals surface area contributed by atoms with Crippen LogP contribution < -0.4 is 16.3 Å². The summed E-state index contributed by atoms with van der Waals surface area (Å²) in [5, 5.41) is 9.75. The van der Waals surface area contributed by atoms with Gasteiger partial charge in [-0.2, -0.15) is 16.4 Å². The molecule has 0 aliphatic heterocycles. The van der Waals surface area contributed by atoms with E-state index in [-0.39, 0.29) is 5.56 Å². The average molecular weight is 278 g/mol. The molecule has 0 unspecified atom stereocenters. The topological polar surface area (TPSA) is 70.5 Å². The van der Waals surface area contributed by atoms with Crippen LogP contribution in [0.15, 0.2) is 37.6 Å². The van der Waals surface area contributed by atoms with Gasteiger partial charge in [0.25, 0.3) is 5.56 Å².